The van der Waals surface area contributed by atoms with Crippen molar-refractivity contribution in [1.82, 2.24) is 0 Å². The number of rotatable bonds is 4. The van der Waals surface area contributed by atoms with Gasteiger partial charge in [-0.1, -0.05) is 28.1 Å². The van der Waals surface area contributed by atoms with Crippen molar-refractivity contribution in [2.75, 3.05) is 5.32 Å². The van der Waals surface area contributed by atoms with Gasteiger partial charge in [-0.2, -0.15) is 0 Å². The van der Waals surface area contributed by atoms with Crippen LogP contribution in [0, 0.1) is 5.82 Å². The summed E-state index contributed by atoms with van der Waals surface area (Å²) in [7, 11) is 0. The van der Waals surface area contributed by atoms with Gasteiger partial charge in [-0.05, 0) is 43.3 Å². The van der Waals surface area contributed by atoms with Crippen LogP contribution in [0.2, 0.25) is 0 Å². The summed E-state index contributed by atoms with van der Waals surface area (Å²) in [5.74, 6) is -0.477. The zero-order valence-electron chi connectivity index (χ0n) is 10.9. The predicted molar refractivity (Wildman–Crippen MR) is 82.3 cm³/mol. The zero-order chi connectivity index (χ0) is 14.5. The average molecular weight is 334 g/mol. The molecule has 20 heavy (non-hydrogen) atoms. The smallest absolute Gasteiger partial charge is 0.187 e. The van der Waals surface area contributed by atoms with E-state index >= 15 is 0 Å². The predicted octanol–water partition coefficient (Wildman–Crippen LogP) is 4.79. The fourth-order valence-electron chi connectivity index (χ4n) is 1.71. The lowest BCUT2D eigenvalue weighted by Crippen LogP contribution is -2.02. The molecule has 4 heteroatoms. The van der Waals surface area contributed by atoms with Crippen LogP contribution >= 0.6 is 15.9 Å². The number of carbonyl (C=O) groups is 1. The van der Waals surface area contributed by atoms with Gasteiger partial charge in [0.2, 0.25) is 0 Å². The van der Waals surface area contributed by atoms with Crippen LogP contribution in [-0.4, -0.2) is 5.78 Å². The quantitative estimate of drug-likeness (QED) is 0.644. The molecule has 0 fully saturated rings. The summed E-state index contributed by atoms with van der Waals surface area (Å²) in [6.45, 7) is 1.73. The molecule has 0 saturated carbocycles. The van der Waals surface area contributed by atoms with Crippen LogP contribution in [0.3, 0.4) is 0 Å². The Labute approximate surface area is 125 Å². The maximum Gasteiger partial charge on any atom is 0.187 e. The van der Waals surface area contributed by atoms with Crippen molar-refractivity contribution < 1.29 is 9.18 Å². The molecule has 2 nitrogen and oxygen atoms in total. The Balaban J connectivity index is 2.12. The molecule has 0 bridgehead atoms. The highest BCUT2D eigenvalue weighted by Gasteiger charge is 2.04. The van der Waals surface area contributed by atoms with Gasteiger partial charge in [-0.25, -0.2) is 4.39 Å². The SMILES string of the molecule is C/C(=C\C(=O)c1ccc(Br)cc1)Nc1ccccc1F. The van der Waals surface area contributed by atoms with E-state index in [9.17, 15) is 9.18 Å². The van der Waals surface area contributed by atoms with Gasteiger partial charge in [-0.15, -0.1) is 0 Å². The summed E-state index contributed by atoms with van der Waals surface area (Å²) >= 11 is 3.32. The molecule has 0 aliphatic carbocycles. The second-order valence-electron chi connectivity index (χ2n) is 4.30. The van der Waals surface area contributed by atoms with Crippen LogP contribution in [0.5, 0.6) is 0 Å². The molecular formula is C16H13BrFNO. The molecule has 2 rings (SSSR count). The molecule has 0 heterocycles. The molecule has 2 aromatic carbocycles. The molecule has 0 aromatic heterocycles. The number of halogens is 2. The van der Waals surface area contributed by atoms with Crippen LogP contribution in [0.4, 0.5) is 10.1 Å². The van der Waals surface area contributed by atoms with Gasteiger partial charge in [0.1, 0.15) is 5.82 Å². The lowest BCUT2D eigenvalue weighted by Gasteiger charge is -2.07. The summed E-state index contributed by atoms with van der Waals surface area (Å²) in [6.07, 6.45) is 1.45. The fourth-order valence-corrected chi connectivity index (χ4v) is 1.97. The van der Waals surface area contributed by atoms with Gasteiger partial charge >= 0.3 is 0 Å². The fraction of sp³-hybridized carbons (Fsp3) is 0.0625. The molecule has 0 spiro atoms. The van der Waals surface area contributed by atoms with Gasteiger partial charge in [0.25, 0.3) is 0 Å². The average Bonchev–Trinajstić information content (AvgIpc) is 2.42. The van der Waals surface area contributed by atoms with E-state index in [0.29, 0.717) is 16.9 Å². The van der Waals surface area contributed by atoms with Gasteiger partial charge < -0.3 is 5.32 Å². The first-order valence-electron chi connectivity index (χ1n) is 6.06. The van der Waals surface area contributed by atoms with Gasteiger partial charge in [-0.3, -0.25) is 4.79 Å². The third-order valence-electron chi connectivity index (χ3n) is 2.68. The molecular weight excluding hydrogens is 321 g/mol. The number of hydrogen-bond acceptors (Lipinski definition) is 2. The number of para-hydroxylation sites is 1. The molecule has 0 unspecified atom stereocenters. The van der Waals surface area contributed by atoms with Crippen LogP contribution in [0.15, 0.2) is 64.8 Å². The van der Waals surface area contributed by atoms with E-state index in [1.54, 1.807) is 49.4 Å². The summed E-state index contributed by atoms with van der Waals surface area (Å²) in [6, 6.07) is 13.4. The monoisotopic (exact) mass is 333 g/mol. The molecule has 102 valence electrons. The minimum atomic E-state index is -0.351. The van der Waals surface area contributed by atoms with E-state index in [2.05, 4.69) is 21.2 Å². The van der Waals surface area contributed by atoms with Gasteiger partial charge in [0.05, 0.1) is 5.69 Å². The van der Waals surface area contributed by atoms with Gasteiger partial charge in [0.15, 0.2) is 5.78 Å². The Bertz CT molecular complexity index is 650. The third kappa shape index (κ3) is 3.78. The molecule has 0 aliphatic rings. The van der Waals surface area contributed by atoms with E-state index in [1.807, 2.05) is 0 Å². The molecule has 0 saturated heterocycles. The van der Waals surface area contributed by atoms with Crippen LogP contribution in [0.25, 0.3) is 0 Å². The first-order chi connectivity index (χ1) is 9.56. The minimum Gasteiger partial charge on any atom is -0.357 e. The van der Waals surface area contributed by atoms with E-state index in [-0.39, 0.29) is 11.6 Å². The highest BCUT2D eigenvalue weighted by atomic mass is 79.9. The van der Waals surface area contributed by atoms with Crippen molar-refractivity contribution >= 4 is 27.4 Å². The molecule has 1 N–H and O–H groups in total. The second kappa shape index (κ2) is 6.48. The highest BCUT2D eigenvalue weighted by molar-refractivity contribution is 9.10. The third-order valence-corrected chi connectivity index (χ3v) is 3.21. The van der Waals surface area contributed by atoms with Gasteiger partial charge in [0, 0.05) is 21.8 Å². The Morgan fingerprint density at radius 2 is 1.80 bits per heavy atom. The number of hydrogen-bond donors (Lipinski definition) is 1. The molecule has 0 atom stereocenters. The number of nitrogens with one attached hydrogen (secondary N) is 1. The van der Waals surface area contributed by atoms with Crippen LogP contribution < -0.4 is 5.32 Å². The van der Waals surface area contributed by atoms with Crippen molar-refractivity contribution in [1.29, 1.82) is 0 Å². The maximum atomic E-state index is 13.5. The normalized spacial score (nSPS) is 11.2. The van der Waals surface area contributed by atoms with Crippen molar-refractivity contribution in [3.63, 3.8) is 0 Å². The number of carbonyl (C=O) groups excluding carboxylic acids is 1. The van der Waals surface area contributed by atoms with Crippen molar-refractivity contribution in [3.8, 4) is 0 Å². The first kappa shape index (κ1) is 14.5. The zero-order valence-corrected chi connectivity index (χ0v) is 12.4. The second-order valence-corrected chi connectivity index (χ2v) is 5.22. The first-order valence-corrected chi connectivity index (χ1v) is 6.85. The molecule has 0 amide bonds. The number of ketones is 1. The van der Waals surface area contributed by atoms with Crippen molar-refractivity contribution in [3.05, 3.63) is 76.2 Å². The van der Waals surface area contributed by atoms with E-state index in [0.717, 1.165) is 4.47 Å². The van der Waals surface area contributed by atoms with E-state index < -0.39 is 0 Å². The minimum absolute atomic E-state index is 0.126. The summed E-state index contributed by atoms with van der Waals surface area (Å²) in [5, 5.41) is 2.88. The van der Waals surface area contributed by atoms with Crippen LogP contribution in [-0.2, 0) is 0 Å². The topological polar surface area (TPSA) is 29.1 Å². The van der Waals surface area contributed by atoms with Crippen molar-refractivity contribution in [2.24, 2.45) is 0 Å². The molecule has 0 radical (unpaired) electrons. The number of benzene rings is 2. The Kier molecular flexibility index (Phi) is 4.69. The highest BCUT2D eigenvalue weighted by Crippen LogP contribution is 2.16. The Morgan fingerprint density at radius 1 is 1.15 bits per heavy atom. The summed E-state index contributed by atoms with van der Waals surface area (Å²) < 4.78 is 14.4. The van der Waals surface area contributed by atoms with E-state index in [4.69, 9.17) is 0 Å². The standard InChI is InChI=1S/C16H13BrFNO/c1-11(19-15-5-3-2-4-14(15)18)10-16(20)12-6-8-13(17)9-7-12/h2-10,19H,1H3/b11-10+. The molecule has 0 aliphatic heterocycles. The number of anilines is 1. The summed E-state index contributed by atoms with van der Waals surface area (Å²) in [5.41, 5.74) is 1.52. The van der Waals surface area contributed by atoms with Crippen LogP contribution in [0.1, 0.15) is 17.3 Å². The Morgan fingerprint density at radius 3 is 2.45 bits per heavy atom. The Hall–Kier alpha value is -1.94. The lowest BCUT2D eigenvalue weighted by atomic mass is 10.1. The van der Waals surface area contributed by atoms with Crippen molar-refractivity contribution in [2.45, 2.75) is 6.92 Å². The lowest BCUT2D eigenvalue weighted by molar-refractivity contribution is 0.104. The maximum absolute atomic E-state index is 13.5. The number of allylic oxidation sites excluding steroid dienone is 2. The molecule has 2 aromatic rings. The van der Waals surface area contributed by atoms with E-state index in [1.165, 1.54) is 12.1 Å². The summed E-state index contributed by atoms with van der Waals surface area (Å²) in [4.78, 5) is 12.0. The largest absolute Gasteiger partial charge is 0.357 e.